The summed E-state index contributed by atoms with van der Waals surface area (Å²) in [6.45, 7) is 13.1. The SMILES string of the molecule is C=C(/C=C\C)CO/C(C(C)=O)=C(\NCC)N(C)CC. The first-order chi connectivity index (χ1) is 8.97. The van der Waals surface area contributed by atoms with Crippen molar-refractivity contribution < 1.29 is 9.53 Å². The molecule has 0 aliphatic rings. The molecule has 0 saturated heterocycles. The Morgan fingerprint density at radius 3 is 2.47 bits per heavy atom. The maximum Gasteiger partial charge on any atom is 0.202 e. The molecule has 0 aromatic heterocycles. The molecule has 0 radical (unpaired) electrons. The van der Waals surface area contributed by atoms with Crippen LogP contribution < -0.4 is 5.32 Å². The Morgan fingerprint density at radius 2 is 2.05 bits per heavy atom. The molecule has 0 spiro atoms. The highest BCUT2D eigenvalue weighted by Crippen LogP contribution is 2.11. The smallest absolute Gasteiger partial charge is 0.202 e. The van der Waals surface area contributed by atoms with Crippen molar-refractivity contribution in [2.24, 2.45) is 0 Å². The van der Waals surface area contributed by atoms with E-state index in [2.05, 4.69) is 11.9 Å². The molecule has 0 fully saturated rings. The second-order valence-corrected chi connectivity index (χ2v) is 4.23. The first-order valence-electron chi connectivity index (χ1n) is 6.61. The summed E-state index contributed by atoms with van der Waals surface area (Å²) in [5.41, 5.74) is 0.830. The largest absolute Gasteiger partial charge is 0.482 e. The third-order valence-electron chi connectivity index (χ3n) is 2.54. The second-order valence-electron chi connectivity index (χ2n) is 4.23. The molecule has 0 aliphatic heterocycles. The number of allylic oxidation sites excluding steroid dienone is 2. The van der Waals surface area contributed by atoms with Gasteiger partial charge in [-0.15, -0.1) is 0 Å². The van der Waals surface area contributed by atoms with E-state index in [1.54, 1.807) is 0 Å². The third kappa shape index (κ3) is 6.13. The Kier molecular flexibility index (Phi) is 8.42. The number of nitrogens with zero attached hydrogens (tertiary/aromatic N) is 1. The van der Waals surface area contributed by atoms with Gasteiger partial charge in [0.05, 0.1) is 0 Å². The Bertz CT molecular complexity index is 370. The van der Waals surface area contributed by atoms with E-state index in [-0.39, 0.29) is 5.78 Å². The lowest BCUT2D eigenvalue weighted by molar-refractivity contribution is -0.117. The number of carbonyl (C=O) groups excluding carboxylic acids is 1. The van der Waals surface area contributed by atoms with E-state index >= 15 is 0 Å². The standard InChI is InChI=1S/C15H26N2O2/c1-7-10-12(4)11-19-14(13(5)18)15(16-8-2)17(6)9-3/h7,10,16H,4,8-9,11H2,1-3,5-6H3/b10-7-,15-14+. The lowest BCUT2D eigenvalue weighted by Crippen LogP contribution is -2.32. The Labute approximate surface area is 116 Å². The maximum absolute atomic E-state index is 11.8. The van der Waals surface area contributed by atoms with E-state index < -0.39 is 0 Å². The lowest BCUT2D eigenvalue weighted by atomic mass is 10.3. The van der Waals surface area contributed by atoms with Gasteiger partial charge in [0.25, 0.3) is 0 Å². The molecule has 108 valence electrons. The number of hydrogen-bond donors (Lipinski definition) is 1. The first-order valence-corrected chi connectivity index (χ1v) is 6.61. The number of rotatable bonds is 9. The molecule has 0 atom stereocenters. The zero-order chi connectivity index (χ0) is 14.8. The van der Waals surface area contributed by atoms with Crippen molar-refractivity contribution >= 4 is 5.78 Å². The van der Waals surface area contributed by atoms with Crippen molar-refractivity contribution in [1.82, 2.24) is 10.2 Å². The van der Waals surface area contributed by atoms with Gasteiger partial charge in [0.15, 0.2) is 5.78 Å². The van der Waals surface area contributed by atoms with Crippen molar-refractivity contribution in [2.75, 3.05) is 26.7 Å². The second kappa shape index (κ2) is 9.25. The van der Waals surface area contributed by atoms with Gasteiger partial charge in [0.1, 0.15) is 12.4 Å². The number of hydrogen-bond acceptors (Lipinski definition) is 4. The molecule has 0 amide bonds. The molecule has 0 aromatic rings. The van der Waals surface area contributed by atoms with Gasteiger partial charge in [-0.3, -0.25) is 4.79 Å². The van der Waals surface area contributed by atoms with Crippen LogP contribution in [0.25, 0.3) is 0 Å². The Balaban J connectivity index is 5.10. The maximum atomic E-state index is 11.8. The van der Waals surface area contributed by atoms with Crippen molar-refractivity contribution in [3.63, 3.8) is 0 Å². The molecule has 0 rings (SSSR count). The van der Waals surface area contributed by atoms with E-state index in [1.807, 2.05) is 44.9 Å². The molecule has 0 saturated carbocycles. The van der Waals surface area contributed by atoms with Crippen LogP contribution in [0.15, 0.2) is 35.9 Å². The summed E-state index contributed by atoms with van der Waals surface area (Å²) in [6.07, 6.45) is 3.76. The van der Waals surface area contributed by atoms with Crippen LogP contribution in [0, 0.1) is 0 Å². The van der Waals surface area contributed by atoms with Crippen molar-refractivity contribution in [3.05, 3.63) is 35.9 Å². The van der Waals surface area contributed by atoms with Gasteiger partial charge < -0.3 is 15.0 Å². The quantitative estimate of drug-likeness (QED) is 0.395. The minimum absolute atomic E-state index is 0.0930. The van der Waals surface area contributed by atoms with Crippen LogP contribution in [0.1, 0.15) is 27.7 Å². The molecular formula is C15H26N2O2. The van der Waals surface area contributed by atoms with Gasteiger partial charge in [0.2, 0.25) is 5.76 Å². The molecule has 19 heavy (non-hydrogen) atoms. The van der Waals surface area contributed by atoms with Crippen LogP contribution in [0.4, 0.5) is 0 Å². The fourth-order valence-corrected chi connectivity index (χ4v) is 1.50. The summed E-state index contributed by atoms with van der Waals surface area (Å²) >= 11 is 0. The van der Waals surface area contributed by atoms with Crippen LogP contribution >= 0.6 is 0 Å². The zero-order valence-electron chi connectivity index (χ0n) is 12.7. The van der Waals surface area contributed by atoms with E-state index in [1.165, 1.54) is 6.92 Å². The highest BCUT2D eigenvalue weighted by Gasteiger charge is 2.16. The van der Waals surface area contributed by atoms with E-state index in [0.717, 1.165) is 24.5 Å². The van der Waals surface area contributed by atoms with Gasteiger partial charge in [0, 0.05) is 27.1 Å². The predicted octanol–water partition coefficient (Wildman–Crippen LogP) is 2.45. The summed E-state index contributed by atoms with van der Waals surface area (Å²) in [7, 11) is 1.92. The van der Waals surface area contributed by atoms with E-state index in [0.29, 0.717) is 12.4 Å². The average molecular weight is 266 g/mol. The summed E-state index contributed by atoms with van der Waals surface area (Å²) < 4.78 is 5.63. The number of ether oxygens (including phenoxy) is 1. The van der Waals surface area contributed by atoms with Gasteiger partial charge in [-0.25, -0.2) is 0 Å². The van der Waals surface area contributed by atoms with Crippen LogP contribution in [-0.2, 0) is 9.53 Å². The summed E-state index contributed by atoms with van der Waals surface area (Å²) in [4.78, 5) is 13.7. The van der Waals surface area contributed by atoms with Crippen LogP contribution in [0.2, 0.25) is 0 Å². The van der Waals surface area contributed by atoms with E-state index in [9.17, 15) is 4.79 Å². The molecule has 0 aromatic carbocycles. The zero-order valence-corrected chi connectivity index (χ0v) is 12.7. The van der Waals surface area contributed by atoms with Crippen LogP contribution in [0.3, 0.4) is 0 Å². The fraction of sp³-hybridized carbons (Fsp3) is 0.533. The van der Waals surface area contributed by atoms with E-state index in [4.69, 9.17) is 4.74 Å². The number of ketones is 1. The third-order valence-corrected chi connectivity index (χ3v) is 2.54. The average Bonchev–Trinajstić information content (AvgIpc) is 2.36. The monoisotopic (exact) mass is 266 g/mol. The molecule has 0 unspecified atom stereocenters. The minimum Gasteiger partial charge on any atom is -0.482 e. The topological polar surface area (TPSA) is 41.6 Å². The summed E-state index contributed by atoms with van der Waals surface area (Å²) in [5, 5.41) is 3.18. The number of nitrogens with one attached hydrogen (secondary N) is 1. The highest BCUT2D eigenvalue weighted by atomic mass is 16.5. The normalized spacial score (nSPS) is 12.1. The van der Waals surface area contributed by atoms with Crippen LogP contribution in [-0.4, -0.2) is 37.4 Å². The van der Waals surface area contributed by atoms with Crippen molar-refractivity contribution in [2.45, 2.75) is 27.7 Å². The molecule has 0 bridgehead atoms. The van der Waals surface area contributed by atoms with Crippen LogP contribution in [0.5, 0.6) is 0 Å². The van der Waals surface area contributed by atoms with Crippen molar-refractivity contribution in [1.29, 1.82) is 0 Å². The molecule has 1 N–H and O–H groups in total. The lowest BCUT2D eigenvalue weighted by Gasteiger charge is -2.24. The van der Waals surface area contributed by atoms with Crippen molar-refractivity contribution in [3.8, 4) is 0 Å². The Morgan fingerprint density at radius 1 is 1.42 bits per heavy atom. The first kappa shape index (κ1) is 17.3. The fourth-order valence-electron chi connectivity index (χ4n) is 1.50. The molecule has 4 heteroatoms. The van der Waals surface area contributed by atoms with Gasteiger partial charge in [-0.2, -0.15) is 0 Å². The Hall–Kier alpha value is -1.71. The molecule has 4 nitrogen and oxygen atoms in total. The van der Waals surface area contributed by atoms with Gasteiger partial charge in [-0.05, 0) is 26.3 Å². The van der Waals surface area contributed by atoms with Gasteiger partial charge in [-0.1, -0.05) is 18.7 Å². The molecular weight excluding hydrogens is 240 g/mol. The van der Waals surface area contributed by atoms with Gasteiger partial charge >= 0.3 is 0 Å². The number of carbonyl (C=O) groups is 1. The molecule has 0 heterocycles. The number of Topliss-reactive ketones (excluding diaryl/α,β-unsaturated/α-hetero) is 1. The summed E-state index contributed by atoms with van der Waals surface area (Å²) in [5.74, 6) is 0.993. The predicted molar refractivity (Wildman–Crippen MR) is 79.6 cm³/mol. The molecule has 0 aliphatic carbocycles. The minimum atomic E-state index is -0.0930. The summed E-state index contributed by atoms with van der Waals surface area (Å²) in [6, 6.07) is 0. The highest BCUT2D eigenvalue weighted by molar-refractivity contribution is 5.91.